The molecule has 6 nitrogen and oxygen atoms in total. The molecular weight excluding hydrogens is 270 g/mol. The van der Waals surface area contributed by atoms with Crippen molar-refractivity contribution in [3.05, 3.63) is 0 Å². The highest BCUT2D eigenvalue weighted by Gasteiger charge is 2.33. The number of rotatable bonds is 4. The Morgan fingerprint density at radius 2 is 1.90 bits per heavy atom. The van der Waals surface area contributed by atoms with Crippen molar-refractivity contribution in [2.24, 2.45) is 0 Å². The molecule has 2 amide bonds. The van der Waals surface area contributed by atoms with Crippen molar-refractivity contribution < 1.29 is 14.7 Å². The Bertz CT molecular complexity index is 377. The van der Waals surface area contributed by atoms with Crippen LogP contribution in [0.1, 0.15) is 40.0 Å². The molecule has 1 saturated heterocycles. The summed E-state index contributed by atoms with van der Waals surface area (Å²) in [6, 6.07) is 0.333. The molecule has 0 aromatic rings. The van der Waals surface area contributed by atoms with Gasteiger partial charge < -0.3 is 19.8 Å². The predicted octanol–water partition coefficient (Wildman–Crippen LogP) is 1.71. The lowest BCUT2D eigenvalue weighted by Gasteiger charge is -2.42. The summed E-state index contributed by atoms with van der Waals surface area (Å²) in [6.07, 6.45) is 2.07. The third-order valence-electron chi connectivity index (χ3n) is 3.99. The zero-order valence-electron chi connectivity index (χ0n) is 13.9. The van der Waals surface area contributed by atoms with Gasteiger partial charge in [-0.05, 0) is 47.7 Å². The van der Waals surface area contributed by atoms with Crippen LogP contribution >= 0.6 is 0 Å². The van der Waals surface area contributed by atoms with Crippen molar-refractivity contribution >= 4 is 12.0 Å². The van der Waals surface area contributed by atoms with Crippen LogP contribution in [0.4, 0.5) is 4.79 Å². The number of hydrogen-bond acceptors (Lipinski definition) is 3. The van der Waals surface area contributed by atoms with E-state index in [1.54, 1.807) is 4.90 Å². The van der Waals surface area contributed by atoms with Gasteiger partial charge in [-0.25, -0.2) is 4.79 Å². The molecule has 0 aliphatic carbocycles. The predicted molar refractivity (Wildman–Crippen MR) is 82.4 cm³/mol. The van der Waals surface area contributed by atoms with Crippen LogP contribution in [-0.2, 0) is 4.79 Å². The fraction of sp³-hybridized carbons (Fsp3) is 0.867. The zero-order valence-corrected chi connectivity index (χ0v) is 13.9. The van der Waals surface area contributed by atoms with Gasteiger partial charge in [-0.15, -0.1) is 0 Å². The molecule has 1 N–H and O–H groups in total. The summed E-state index contributed by atoms with van der Waals surface area (Å²) in [5.41, 5.74) is -0.377. The van der Waals surface area contributed by atoms with E-state index in [-0.39, 0.29) is 24.5 Å². The second-order valence-corrected chi connectivity index (χ2v) is 6.95. The average molecular weight is 299 g/mol. The van der Waals surface area contributed by atoms with Gasteiger partial charge in [0.1, 0.15) is 0 Å². The van der Waals surface area contributed by atoms with Crippen LogP contribution in [0.15, 0.2) is 0 Å². The molecule has 0 aromatic carbocycles. The van der Waals surface area contributed by atoms with Gasteiger partial charge in [0, 0.05) is 31.2 Å². The molecular formula is C15H29N3O3. The number of piperidine rings is 1. The molecule has 0 radical (unpaired) electrons. The molecule has 0 aromatic heterocycles. The van der Waals surface area contributed by atoms with Gasteiger partial charge in [-0.1, -0.05) is 0 Å². The summed E-state index contributed by atoms with van der Waals surface area (Å²) in [5.74, 6) is -0.873. The molecule has 1 atom stereocenters. The number of carboxylic acid groups (broad SMARTS) is 1. The van der Waals surface area contributed by atoms with Crippen molar-refractivity contribution in [1.29, 1.82) is 0 Å². The summed E-state index contributed by atoms with van der Waals surface area (Å²) >= 11 is 0. The van der Waals surface area contributed by atoms with E-state index in [2.05, 4.69) is 4.90 Å². The SMILES string of the molecule is CN(C)C1CCCN(C(=O)N(CCC(=O)O)C(C)(C)C)C1. The fourth-order valence-electron chi connectivity index (χ4n) is 2.65. The zero-order chi connectivity index (χ0) is 16.2. The molecule has 1 aliphatic rings. The van der Waals surface area contributed by atoms with Crippen molar-refractivity contribution in [3.8, 4) is 0 Å². The molecule has 0 spiro atoms. The van der Waals surface area contributed by atoms with Gasteiger partial charge >= 0.3 is 12.0 Å². The highest BCUT2D eigenvalue weighted by Crippen LogP contribution is 2.20. The van der Waals surface area contributed by atoms with Crippen LogP contribution in [0.25, 0.3) is 0 Å². The van der Waals surface area contributed by atoms with Crippen molar-refractivity contribution in [2.75, 3.05) is 33.7 Å². The van der Waals surface area contributed by atoms with Crippen molar-refractivity contribution in [2.45, 2.75) is 51.6 Å². The number of carbonyl (C=O) groups is 2. The normalized spacial score (nSPS) is 19.7. The standard InChI is InChI=1S/C15H29N3O3/c1-15(2,3)18(10-8-13(19)20)14(21)17-9-6-7-12(11-17)16(4)5/h12H,6-11H2,1-5H3,(H,19,20). The second-order valence-electron chi connectivity index (χ2n) is 6.95. The van der Waals surface area contributed by atoms with Crippen LogP contribution in [-0.4, -0.2) is 77.1 Å². The number of aliphatic carboxylic acids is 1. The number of likely N-dealkylation sites (tertiary alicyclic amines) is 1. The lowest BCUT2D eigenvalue weighted by molar-refractivity contribution is -0.137. The molecule has 1 heterocycles. The van der Waals surface area contributed by atoms with Gasteiger partial charge in [0.15, 0.2) is 0 Å². The Balaban J connectivity index is 2.77. The van der Waals surface area contributed by atoms with E-state index in [4.69, 9.17) is 5.11 Å². The molecule has 0 saturated carbocycles. The largest absolute Gasteiger partial charge is 0.481 e. The summed E-state index contributed by atoms with van der Waals surface area (Å²) < 4.78 is 0. The van der Waals surface area contributed by atoms with Gasteiger partial charge in [-0.3, -0.25) is 4.79 Å². The third kappa shape index (κ3) is 5.19. The van der Waals surface area contributed by atoms with Crippen LogP contribution < -0.4 is 0 Å². The maximum Gasteiger partial charge on any atom is 0.320 e. The highest BCUT2D eigenvalue weighted by atomic mass is 16.4. The lowest BCUT2D eigenvalue weighted by atomic mass is 10.0. The Labute approximate surface area is 127 Å². The molecule has 1 rings (SSSR count). The minimum Gasteiger partial charge on any atom is -0.481 e. The average Bonchev–Trinajstić information content (AvgIpc) is 2.36. The summed E-state index contributed by atoms with van der Waals surface area (Å²) in [7, 11) is 4.06. The van der Waals surface area contributed by atoms with E-state index in [1.807, 2.05) is 39.8 Å². The smallest absolute Gasteiger partial charge is 0.320 e. The van der Waals surface area contributed by atoms with Gasteiger partial charge in [0.25, 0.3) is 0 Å². The first kappa shape index (κ1) is 17.8. The van der Waals surface area contributed by atoms with Crippen LogP contribution in [0.2, 0.25) is 0 Å². The maximum atomic E-state index is 12.8. The second kappa shape index (κ2) is 7.11. The number of likely N-dealkylation sites (N-methyl/N-ethyl adjacent to an activating group) is 1. The number of nitrogens with zero attached hydrogens (tertiary/aromatic N) is 3. The minimum atomic E-state index is -0.873. The Morgan fingerprint density at radius 3 is 2.38 bits per heavy atom. The van der Waals surface area contributed by atoms with Gasteiger partial charge in [-0.2, -0.15) is 0 Å². The fourth-order valence-corrected chi connectivity index (χ4v) is 2.65. The van der Waals surface area contributed by atoms with Crippen molar-refractivity contribution in [3.63, 3.8) is 0 Å². The van der Waals surface area contributed by atoms with Crippen LogP contribution in [0, 0.1) is 0 Å². The van der Waals surface area contributed by atoms with Gasteiger partial charge in [0.05, 0.1) is 6.42 Å². The highest BCUT2D eigenvalue weighted by molar-refractivity contribution is 5.76. The lowest BCUT2D eigenvalue weighted by Crippen LogP contribution is -2.56. The number of amides is 2. The van der Waals surface area contributed by atoms with E-state index in [0.29, 0.717) is 12.6 Å². The number of urea groups is 1. The van der Waals surface area contributed by atoms with E-state index in [0.717, 1.165) is 19.4 Å². The van der Waals surface area contributed by atoms with Crippen LogP contribution in [0.3, 0.4) is 0 Å². The number of carboxylic acids is 1. The van der Waals surface area contributed by atoms with Gasteiger partial charge in [0.2, 0.25) is 0 Å². The summed E-state index contributed by atoms with van der Waals surface area (Å²) in [5, 5.41) is 8.88. The summed E-state index contributed by atoms with van der Waals surface area (Å²) in [6.45, 7) is 7.55. The van der Waals surface area contributed by atoms with E-state index in [1.165, 1.54) is 0 Å². The van der Waals surface area contributed by atoms with E-state index < -0.39 is 5.97 Å². The first-order valence-electron chi connectivity index (χ1n) is 7.57. The Kier molecular flexibility index (Phi) is 6.01. The van der Waals surface area contributed by atoms with Crippen molar-refractivity contribution in [1.82, 2.24) is 14.7 Å². The number of hydrogen-bond donors (Lipinski definition) is 1. The monoisotopic (exact) mass is 299 g/mol. The molecule has 1 aliphatic heterocycles. The summed E-state index contributed by atoms with van der Waals surface area (Å²) in [4.78, 5) is 29.3. The topological polar surface area (TPSA) is 64.1 Å². The molecule has 6 heteroatoms. The molecule has 1 unspecified atom stereocenters. The molecule has 1 fully saturated rings. The Hall–Kier alpha value is -1.30. The van der Waals surface area contributed by atoms with E-state index in [9.17, 15) is 9.59 Å². The Morgan fingerprint density at radius 1 is 1.29 bits per heavy atom. The third-order valence-corrected chi connectivity index (χ3v) is 3.99. The number of carbonyl (C=O) groups excluding carboxylic acids is 1. The quantitative estimate of drug-likeness (QED) is 0.858. The molecule has 0 bridgehead atoms. The van der Waals surface area contributed by atoms with Crippen LogP contribution in [0.5, 0.6) is 0 Å². The first-order valence-corrected chi connectivity index (χ1v) is 7.57. The first-order chi connectivity index (χ1) is 9.62. The molecule has 122 valence electrons. The van der Waals surface area contributed by atoms with E-state index >= 15 is 0 Å². The maximum absolute atomic E-state index is 12.8. The molecule has 21 heavy (non-hydrogen) atoms. The minimum absolute atomic E-state index is 0.0199.